The predicted molar refractivity (Wildman–Crippen MR) is 94.7 cm³/mol. The Bertz CT molecular complexity index is 650. The summed E-state index contributed by atoms with van der Waals surface area (Å²) in [4.78, 5) is 12.4. The minimum absolute atomic E-state index is 0.0486. The standard InChI is InChI=1S/C21H24O3/c22-18-12-8-16(9-13-18)21(23)17-10-14-20(15-11-17)24-19-6-4-2-1-3-5-7-19/h8-15,19,22H,1-7H2. The van der Waals surface area contributed by atoms with Crippen molar-refractivity contribution < 1.29 is 14.6 Å². The number of hydrogen-bond donors (Lipinski definition) is 1. The third kappa shape index (κ3) is 4.38. The van der Waals surface area contributed by atoms with Crippen LogP contribution >= 0.6 is 0 Å². The Balaban J connectivity index is 1.64. The fourth-order valence-electron chi connectivity index (χ4n) is 3.19. The van der Waals surface area contributed by atoms with Crippen molar-refractivity contribution in [2.24, 2.45) is 0 Å². The van der Waals surface area contributed by atoms with Gasteiger partial charge >= 0.3 is 0 Å². The smallest absolute Gasteiger partial charge is 0.193 e. The molecule has 1 fully saturated rings. The van der Waals surface area contributed by atoms with E-state index < -0.39 is 0 Å². The second-order valence-electron chi connectivity index (χ2n) is 6.49. The average molecular weight is 324 g/mol. The molecule has 0 amide bonds. The van der Waals surface area contributed by atoms with E-state index in [1.54, 1.807) is 12.1 Å². The number of aromatic hydroxyl groups is 1. The zero-order valence-electron chi connectivity index (χ0n) is 13.9. The molecule has 24 heavy (non-hydrogen) atoms. The van der Waals surface area contributed by atoms with Crippen LogP contribution in [0.25, 0.3) is 0 Å². The summed E-state index contributed by atoms with van der Waals surface area (Å²) in [6.45, 7) is 0. The molecule has 0 heterocycles. The Morgan fingerprint density at radius 1 is 0.792 bits per heavy atom. The zero-order chi connectivity index (χ0) is 16.8. The highest BCUT2D eigenvalue weighted by molar-refractivity contribution is 6.09. The van der Waals surface area contributed by atoms with E-state index >= 15 is 0 Å². The monoisotopic (exact) mass is 324 g/mol. The number of rotatable bonds is 4. The van der Waals surface area contributed by atoms with Gasteiger partial charge in [-0.1, -0.05) is 19.3 Å². The summed E-state index contributed by atoms with van der Waals surface area (Å²) >= 11 is 0. The largest absolute Gasteiger partial charge is 0.508 e. The molecule has 0 aliphatic heterocycles. The Morgan fingerprint density at radius 2 is 1.29 bits per heavy atom. The Hall–Kier alpha value is -2.29. The number of ketones is 1. The van der Waals surface area contributed by atoms with E-state index in [-0.39, 0.29) is 11.5 Å². The number of phenolic OH excluding ortho intramolecular Hbond substituents is 1. The Labute approximate surface area is 143 Å². The van der Waals surface area contributed by atoms with Gasteiger partial charge in [0.1, 0.15) is 11.5 Å². The van der Waals surface area contributed by atoms with Gasteiger partial charge in [-0.2, -0.15) is 0 Å². The van der Waals surface area contributed by atoms with Crippen molar-refractivity contribution in [2.75, 3.05) is 0 Å². The lowest BCUT2D eigenvalue weighted by Gasteiger charge is -2.21. The van der Waals surface area contributed by atoms with E-state index in [2.05, 4.69) is 0 Å². The molecule has 0 spiro atoms. The fourth-order valence-corrected chi connectivity index (χ4v) is 3.19. The van der Waals surface area contributed by atoms with Gasteiger partial charge < -0.3 is 9.84 Å². The zero-order valence-corrected chi connectivity index (χ0v) is 13.9. The number of carbonyl (C=O) groups is 1. The van der Waals surface area contributed by atoms with Gasteiger partial charge in [-0.05, 0) is 74.2 Å². The molecule has 3 heteroatoms. The minimum Gasteiger partial charge on any atom is -0.508 e. The van der Waals surface area contributed by atoms with Gasteiger partial charge in [0, 0.05) is 11.1 Å². The average Bonchev–Trinajstić information content (AvgIpc) is 2.58. The van der Waals surface area contributed by atoms with Crippen LogP contribution in [-0.4, -0.2) is 17.0 Å². The van der Waals surface area contributed by atoms with Crippen molar-refractivity contribution in [1.29, 1.82) is 0 Å². The lowest BCUT2D eigenvalue weighted by Crippen LogP contribution is -2.17. The normalized spacial score (nSPS) is 16.2. The van der Waals surface area contributed by atoms with Crippen LogP contribution in [0.4, 0.5) is 0 Å². The van der Waals surface area contributed by atoms with Gasteiger partial charge in [0.15, 0.2) is 5.78 Å². The summed E-state index contributed by atoms with van der Waals surface area (Å²) in [5.74, 6) is 0.949. The van der Waals surface area contributed by atoms with Crippen molar-refractivity contribution in [2.45, 2.75) is 51.0 Å². The topological polar surface area (TPSA) is 46.5 Å². The van der Waals surface area contributed by atoms with Crippen LogP contribution in [0.3, 0.4) is 0 Å². The molecular weight excluding hydrogens is 300 g/mol. The van der Waals surface area contributed by atoms with Crippen LogP contribution in [0.5, 0.6) is 11.5 Å². The summed E-state index contributed by atoms with van der Waals surface area (Å²) in [6.07, 6.45) is 8.97. The van der Waals surface area contributed by atoms with Gasteiger partial charge in [-0.25, -0.2) is 0 Å². The van der Waals surface area contributed by atoms with Gasteiger partial charge in [0.2, 0.25) is 0 Å². The molecule has 1 aliphatic carbocycles. The van der Waals surface area contributed by atoms with E-state index in [0.717, 1.165) is 18.6 Å². The highest BCUT2D eigenvalue weighted by Crippen LogP contribution is 2.23. The molecule has 0 radical (unpaired) electrons. The van der Waals surface area contributed by atoms with Crippen LogP contribution in [0, 0.1) is 0 Å². The second-order valence-corrected chi connectivity index (χ2v) is 6.49. The molecule has 2 aromatic carbocycles. The molecule has 3 rings (SSSR count). The molecule has 0 bridgehead atoms. The molecule has 0 saturated heterocycles. The lowest BCUT2D eigenvalue weighted by molar-refractivity contribution is 0.103. The van der Waals surface area contributed by atoms with Crippen LogP contribution in [0.2, 0.25) is 0 Å². The summed E-state index contributed by atoms with van der Waals surface area (Å²) in [7, 11) is 0. The highest BCUT2D eigenvalue weighted by Gasteiger charge is 2.14. The molecule has 0 unspecified atom stereocenters. The summed E-state index contributed by atoms with van der Waals surface area (Å²) in [5.41, 5.74) is 1.20. The van der Waals surface area contributed by atoms with Gasteiger partial charge in [-0.15, -0.1) is 0 Å². The molecule has 1 N–H and O–H groups in total. The predicted octanol–water partition coefficient (Wildman–Crippen LogP) is 5.11. The third-order valence-corrected chi connectivity index (χ3v) is 4.60. The maximum atomic E-state index is 12.4. The number of phenols is 1. The van der Waals surface area contributed by atoms with Crippen LogP contribution < -0.4 is 4.74 Å². The minimum atomic E-state index is -0.0486. The SMILES string of the molecule is O=C(c1ccc(O)cc1)c1ccc(OC2CCCCCCC2)cc1. The number of hydrogen-bond acceptors (Lipinski definition) is 3. The Morgan fingerprint density at radius 3 is 1.88 bits per heavy atom. The second kappa shape index (κ2) is 8.00. The van der Waals surface area contributed by atoms with Gasteiger partial charge in [0.05, 0.1) is 6.10 Å². The molecule has 0 atom stereocenters. The maximum absolute atomic E-state index is 12.4. The van der Waals surface area contributed by atoms with Crippen molar-refractivity contribution in [1.82, 2.24) is 0 Å². The summed E-state index contributed by atoms with van der Waals surface area (Å²) in [5, 5.41) is 9.31. The van der Waals surface area contributed by atoms with Crippen molar-refractivity contribution in [3.63, 3.8) is 0 Å². The Kier molecular flexibility index (Phi) is 5.52. The molecule has 2 aromatic rings. The molecule has 3 nitrogen and oxygen atoms in total. The van der Waals surface area contributed by atoms with Crippen molar-refractivity contribution >= 4 is 5.78 Å². The third-order valence-electron chi connectivity index (χ3n) is 4.60. The van der Waals surface area contributed by atoms with Crippen molar-refractivity contribution in [3.8, 4) is 11.5 Å². The highest BCUT2D eigenvalue weighted by atomic mass is 16.5. The van der Waals surface area contributed by atoms with E-state index in [1.165, 1.54) is 44.2 Å². The maximum Gasteiger partial charge on any atom is 0.193 e. The summed E-state index contributed by atoms with van der Waals surface area (Å²) < 4.78 is 6.10. The lowest BCUT2D eigenvalue weighted by atomic mass is 9.98. The summed E-state index contributed by atoms with van der Waals surface area (Å²) in [6, 6.07) is 13.7. The van der Waals surface area contributed by atoms with E-state index in [1.807, 2.05) is 24.3 Å². The van der Waals surface area contributed by atoms with Crippen LogP contribution in [-0.2, 0) is 0 Å². The van der Waals surface area contributed by atoms with Crippen LogP contribution in [0.15, 0.2) is 48.5 Å². The van der Waals surface area contributed by atoms with Gasteiger partial charge in [-0.3, -0.25) is 4.79 Å². The molecule has 1 aliphatic rings. The van der Waals surface area contributed by atoms with E-state index in [4.69, 9.17) is 4.74 Å². The molecule has 126 valence electrons. The van der Waals surface area contributed by atoms with E-state index in [9.17, 15) is 9.90 Å². The number of carbonyl (C=O) groups excluding carboxylic acids is 1. The molecule has 1 saturated carbocycles. The first kappa shape index (κ1) is 16.6. The fraction of sp³-hybridized carbons (Fsp3) is 0.381. The molecular formula is C21H24O3. The van der Waals surface area contributed by atoms with E-state index in [0.29, 0.717) is 17.2 Å². The quantitative estimate of drug-likeness (QED) is 0.794. The van der Waals surface area contributed by atoms with Gasteiger partial charge in [0.25, 0.3) is 0 Å². The number of benzene rings is 2. The molecule has 0 aromatic heterocycles. The van der Waals surface area contributed by atoms with Crippen molar-refractivity contribution in [3.05, 3.63) is 59.7 Å². The first-order valence-electron chi connectivity index (χ1n) is 8.83. The van der Waals surface area contributed by atoms with Crippen LogP contribution in [0.1, 0.15) is 60.9 Å². The first-order chi connectivity index (χ1) is 11.7. The first-order valence-corrected chi connectivity index (χ1v) is 8.83. The number of ether oxygens (including phenoxy) is 1.